The van der Waals surface area contributed by atoms with Crippen molar-refractivity contribution < 1.29 is 9.31 Å². The first kappa shape index (κ1) is 12.3. The third-order valence-corrected chi connectivity index (χ3v) is 2.28. The standard InChI is InChI=1S/C6H7FN2O2S.ClH/c7-2-5(8)4-1-6(9(10)11)12-3-4;/h1,3,5H,2,8H2;1H/t5-;/m1./s1. The van der Waals surface area contributed by atoms with Crippen molar-refractivity contribution >= 4 is 28.7 Å². The van der Waals surface area contributed by atoms with Gasteiger partial charge >= 0.3 is 5.00 Å². The summed E-state index contributed by atoms with van der Waals surface area (Å²) < 4.78 is 12.0. The fourth-order valence-electron chi connectivity index (χ4n) is 0.718. The van der Waals surface area contributed by atoms with Crippen molar-refractivity contribution in [1.29, 1.82) is 0 Å². The summed E-state index contributed by atoms with van der Waals surface area (Å²) in [5.41, 5.74) is 5.80. The lowest BCUT2D eigenvalue weighted by Gasteiger charge is -2.00. The summed E-state index contributed by atoms with van der Waals surface area (Å²) in [6.07, 6.45) is 0. The molecule has 13 heavy (non-hydrogen) atoms. The average molecular weight is 227 g/mol. The Morgan fingerprint density at radius 3 is 2.77 bits per heavy atom. The van der Waals surface area contributed by atoms with Crippen molar-refractivity contribution in [2.45, 2.75) is 6.04 Å². The Kier molecular flexibility index (Phi) is 4.82. The normalized spacial score (nSPS) is 11.8. The van der Waals surface area contributed by atoms with Crippen LogP contribution in [0, 0.1) is 10.1 Å². The SMILES string of the molecule is Cl.N[C@H](CF)c1csc([N+](=O)[O-])c1. The maximum atomic E-state index is 12.0. The molecule has 0 aliphatic carbocycles. The van der Waals surface area contributed by atoms with Gasteiger partial charge in [-0.3, -0.25) is 10.1 Å². The molecule has 0 aliphatic rings. The Morgan fingerprint density at radius 1 is 1.77 bits per heavy atom. The Labute approximate surface area is 84.1 Å². The first-order valence-electron chi connectivity index (χ1n) is 3.19. The Bertz CT molecular complexity index is 294. The van der Waals surface area contributed by atoms with Gasteiger partial charge in [-0.25, -0.2) is 4.39 Å². The molecule has 0 aromatic carbocycles. The van der Waals surface area contributed by atoms with Gasteiger partial charge in [0.2, 0.25) is 0 Å². The predicted octanol–water partition coefficient (Wildman–Crippen LogP) is 2.05. The third kappa shape index (κ3) is 2.91. The molecule has 7 heteroatoms. The van der Waals surface area contributed by atoms with Crippen LogP contribution in [0.2, 0.25) is 0 Å². The Hall–Kier alpha value is -0.720. The molecule has 0 bridgehead atoms. The van der Waals surface area contributed by atoms with Gasteiger partial charge in [-0.1, -0.05) is 11.3 Å². The highest BCUT2D eigenvalue weighted by molar-refractivity contribution is 7.13. The van der Waals surface area contributed by atoms with Gasteiger partial charge in [0, 0.05) is 11.4 Å². The van der Waals surface area contributed by atoms with Crippen molar-refractivity contribution in [3.8, 4) is 0 Å². The van der Waals surface area contributed by atoms with Gasteiger partial charge in [0.1, 0.15) is 6.67 Å². The van der Waals surface area contributed by atoms with Crippen molar-refractivity contribution in [2.75, 3.05) is 6.67 Å². The van der Waals surface area contributed by atoms with Crippen LogP contribution in [0.3, 0.4) is 0 Å². The number of thiophene rings is 1. The number of rotatable bonds is 3. The molecule has 0 saturated carbocycles. The number of nitrogens with two attached hydrogens (primary N) is 1. The summed E-state index contributed by atoms with van der Waals surface area (Å²) in [6, 6.07) is 0.560. The van der Waals surface area contributed by atoms with E-state index in [1.54, 1.807) is 0 Å². The molecule has 0 aliphatic heterocycles. The van der Waals surface area contributed by atoms with Crippen LogP contribution in [-0.4, -0.2) is 11.6 Å². The van der Waals surface area contributed by atoms with Gasteiger partial charge in [0.15, 0.2) is 0 Å². The monoisotopic (exact) mass is 226 g/mol. The number of halogens is 2. The van der Waals surface area contributed by atoms with E-state index in [0.29, 0.717) is 5.56 Å². The zero-order chi connectivity index (χ0) is 9.14. The van der Waals surface area contributed by atoms with Crippen LogP contribution < -0.4 is 5.73 Å². The lowest BCUT2D eigenvalue weighted by atomic mass is 10.2. The predicted molar refractivity (Wildman–Crippen MR) is 51.1 cm³/mol. The van der Waals surface area contributed by atoms with E-state index in [-0.39, 0.29) is 17.4 Å². The molecule has 0 fully saturated rings. The smallest absolute Gasteiger partial charge is 0.322 e. The quantitative estimate of drug-likeness (QED) is 0.634. The molecular weight excluding hydrogens is 219 g/mol. The van der Waals surface area contributed by atoms with E-state index in [1.807, 2.05) is 0 Å². The highest BCUT2D eigenvalue weighted by Gasteiger charge is 2.13. The minimum atomic E-state index is -0.741. The summed E-state index contributed by atoms with van der Waals surface area (Å²) in [6.45, 7) is -0.701. The summed E-state index contributed by atoms with van der Waals surface area (Å²) in [7, 11) is 0. The molecule has 1 heterocycles. The molecule has 2 N–H and O–H groups in total. The highest BCUT2D eigenvalue weighted by atomic mass is 35.5. The van der Waals surface area contributed by atoms with Crippen molar-refractivity contribution in [2.24, 2.45) is 5.73 Å². The molecule has 74 valence electrons. The zero-order valence-electron chi connectivity index (χ0n) is 6.47. The molecular formula is C6H8ClFN2O2S. The topological polar surface area (TPSA) is 69.2 Å². The Balaban J connectivity index is 0.00000144. The lowest BCUT2D eigenvalue weighted by molar-refractivity contribution is -0.380. The third-order valence-electron chi connectivity index (χ3n) is 1.38. The van der Waals surface area contributed by atoms with Gasteiger partial charge in [0.05, 0.1) is 11.0 Å². The fourth-order valence-corrected chi connectivity index (χ4v) is 1.51. The number of hydrogen-bond acceptors (Lipinski definition) is 4. The molecule has 0 radical (unpaired) electrons. The molecule has 1 atom stereocenters. The van der Waals surface area contributed by atoms with Gasteiger partial charge < -0.3 is 5.73 Å². The number of nitrogens with zero attached hydrogens (tertiary/aromatic N) is 1. The number of alkyl halides is 1. The molecule has 0 saturated heterocycles. The van der Waals surface area contributed by atoms with E-state index >= 15 is 0 Å². The van der Waals surface area contributed by atoms with Gasteiger partial charge in [-0.05, 0) is 5.56 Å². The van der Waals surface area contributed by atoms with Gasteiger partial charge in [-0.2, -0.15) is 0 Å². The molecule has 0 unspecified atom stereocenters. The van der Waals surface area contributed by atoms with Gasteiger partial charge in [-0.15, -0.1) is 12.4 Å². The Morgan fingerprint density at radius 2 is 2.38 bits per heavy atom. The number of hydrogen-bond donors (Lipinski definition) is 1. The van der Waals surface area contributed by atoms with Crippen LogP contribution in [0.25, 0.3) is 0 Å². The second kappa shape index (κ2) is 5.11. The van der Waals surface area contributed by atoms with Crippen molar-refractivity contribution in [3.05, 3.63) is 27.1 Å². The molecule has 0 amide bonds. The summed E-state index contributed by atoms with van der Waals surface area (Å²) in [5.74, 6) is 0. The fraction of sp³-hybridized carbons (Fsp3) is 0.333. The van der Waals surface area contributed by atoms with E-state index in [0.717, 1.165) is 11.3 Å². The van der Waals surface area contributed by atoms with Crippen LogP contribution >= 0.6 is 23.7 Å². The molecule has 4 nitrogen and oxygen atoms in total. The van der Waals surface area contributed by atoms with Crippen LogP contribution in [0.15, 0.2) is 11.4 Å². The first-order chi connectivity index (χ1) is 5.65. The average Bonchev–Trinajstić information content (AvgIpc) is 2.51. The second-order valence-electron chi connectivity index (χ2n) is 2.24. The van der Waals surface area contributed by atoms with Crippen LogP contribution in [0.5, 0.6) is 0 Å². The highest BCUT2D eigenvalue weighted by Crippen LogP contribution is 2.25. The van der Waals surface area contributed by atoms with Crippen molar-refractivity contribution in [3.63, 3.8) is 0 Å². The van der Waals surface area contributed by atoms with Crippen LogP contribution in [-0.2, 0) is 0 Å². The largest absolute Gasteiger partial charge is 0.324 e. The van der Waals surface area contributed by atoms with E-state index in [1.165, 1.54) is 11.4 Å². The molecule has 1 rings (SSSR count). The van der Waals surface area contributed by atoms with Crippen LogP contribution in [0.4, 0.5) is 9.39 Å². The van der Waals surface area contributed by atoms with Crippen LogP contribution in [0.1, 0.15) is 11.6 Å². The second-order valence-corrected chi connectivity index (χ2v) is 3.13. The first-order valence-corrected chi connectivity index (χ1v) is 4.07. The zero-order valence-corrected chi connectivity index (χ0v) is 8.11. The summed E-state index contributed by atoms with van der Waals surface area (Å²) in [5, 5.41) is 11.7. The van der Waals surface area contributed by atoms with Gasteiger partial charge in [0.25, 0.3) is 0 Å². The lowest BCUT2D eigenvalue weighted by Crippen LogP contribution is -2.10. The van der Waals surface area contributed by atoms with E-state index < -0.39 is 17.6 Å². The minimum absolute atomic E-state index is 0. The molecule has 1 aromatic rings. The molecule has 0 spiro atoms. The molecule has 1 aromatic heterocycles. The summed E-state index contributed by atoms with van der Waals surface area (Å²) >= 11 is 0.956. The maximum absolute atomic E-state index is 12.0. The van der Waals surface area contributed by atoms with E-state index in [2.05, 4.69) is 0 Å². The van der Waals surface area contributed by atoms with E-state index in [4.69, 9.17) is 5.73 Å². The summed E-state index contributed by atoms with van der Waals surface area (Å²) in [4.78, 5) is 9.69. The minimum Gasteiger partial charge on any atom is -0.322 e. The van der Waals surface area contributed by atoms with E-state index in [9.17, 15) is 14.5 Å². The number of nitro groups is 1. The maximum Gasteiger partial charge on any atom is 0.324 e. The van der Waals surface area contributed by atoms with Crippen molar-refractivity contribution in [1.82, 2.24) is 0 Å².